The maximum absolute atomic E-state index is 6.09. The van der Waals surface area contributed by atoms with Crippen LogP contribution in [0.15, 0.2) is 30.5 Å². The zero-order valence-corrected chi connectivity index (χ0v) is 10.8. The van der Waals surface area contributed by atoms with Crippen LogP contribution in [0.25, 0.3) is 0 Å². The van der Waals surface area contributed by atoms with Crippen molar-refractivity contribution in [3.05, 3.63) is 46.7 Å². The highest BCUT2D eigenvalue weighted by Gasteiger charge is 2.03. The Morgan fingerprint density at radius 1 is 1.24 bits per heavy atom. The number of benzene rings is 1. The molecule has 0 N–H and O–H groups in total. The Bertz CT molecular complexity index is 482. The number of rotatable bonds is 5. The van der Waals surface area contributed by atoms with Crippen LogP contribution in [0.5, 0.6) is 0 Å². The first-order chi connectivity index (χ1) is 8.29. The number of hydrogen-bond acceptors (Lipinski definition) is 2. The first kappa shape index (κ1) is 12.4. The van der Waals surface area contributed by atoms with Gasteiger partial charge in [-0.1, -0.05) is 35.0 Å². The largest absolute Gasteiger partial charge is 0.248 e. The third-order valence-electron chi connectivity index (χ3n) is 2.44. The van der Waals surface area contributed by atoms with Crippen molar-refractivity contribution < 1.29 is 0 Å². The summed E-state index contributed by atoms with van der Waals surface area (Å²) >= 11 is 11.7. The first-order valence-electron chi connectivity index (χ1n) is 5.48. The number of alkyl halides is 1. The second kappa shape index (κ2) is 6.03. The summed E-state index contributed by atoms with van der Waals surface area (Å²) in [6.07, 6.45) is 3.73. The lowest BCUT2D eigenvalue weighted by Crippen LogP contribution is -2.00. The fourth-order valence-electron chi connectivity index (χ4n) is 1.58. The molecule has 2 aromatic rings. The summed E-state index contributed by atoms with van der Waals surface area (Å²) in [7, 11) is 0. The molecule has 0 radical (unpaired) electrons. The lowest BCUT2D eigenvalue weighted by molar-refractivity contribution is 0.649. The Morgan fingerprint density at radius 2 is 2.06 bits per heavy atom. The molecule has 0 bridgehead atoms. The summed E-state index contributed by atoms with van der Waals surface area (Å²) in [5.74, 6) is 0.650. The van der Waals surface area contributed by atoms with Gasteiger partial charge >= 0.3 is 0 Å². The first-order valence-corrected chi connectivity index (χ1v) is 6.39. The molecular weight excluding hydrogens is 257 g/mol. The fraction of sp³-hybridized carbons (Fsp3) is 0.333. The van der Waals surface area contributed by atoms with Crippen molar-refractivity contribution in [2.45, 2.75) is 19.4 Å². The van der Waals surface area contributed by atoms with Gasteiger partial charge in [0.25, 0.3) is 0 Å². The molecule has 0 saturated heterocycles. The molecule has 0 aliphatic rings. The number of aromatic nitrogens is 3. The van der Waals surface area contributed by atoms with E-state index in [-0.39, 0.29) is 0 Å². The summed E-state index contributed by atoms with van der Waals surface area (Å²) in [5.41, 5.74) is 2.01. The molecule has 1 aromatic carbocycles. The van der Waals surface area contributed by atoms with E-state index in [2.05, 4.69) is 10.3 Å². The van der Waals surface area contributed by atoms with Crippen molar-refractivity contribution in [1.82, 2.24) is 15.0 Å². The van der Waals surface area contributed by atoms with Gasteiger partial charge in [0.15, 0.2) is 0 Å². The number of aryl methyl sites for hydroxylation is 1. The van der Waals surface area contributed by atoms with Gasteiger partial charge in [-0.3, -0.25) is 0 Å². The van der Waals surface area contributed by atoms with Crippen molar-refractivity contribution in [3.63, 3.8) is 0 Å². The summed E-state index contributed by atoms with van der Waals surface area (Å²) in [6, 6.07) is 7.75. The van der Waals surface area contributed by atoms with E-state index in [0.29, 0.717) is 12.4 Å². The van der Waals surface area contributed by atoms with Crippen LogP contribution in [0.4, 0.5) is 0 Å². The van der Waals surface area contributed by atoms with Gasteiger partial charge in [0.1, 0.15) is 0 Å². The minimum absolute atomic E-state index is 0.646. The van der Waals surface area contributed by atoms with Crippen LogP contribution < -0.4 is 0 Å². The quantitative estimate of drug-likeness (QED) is 0.781. The van der Waals surface area contributed by atoms with Gasteiger partial charge in [-0.05, 0) is 24.5 Å². The standard InChI is InChI=1S/C12H13Cl2N3/c13-7-3-5-11-9-17(16-15-11)8-10-4-1-2-6-12(10)14/h1-2,4,6,9H,3,5,7-8H2. The van der Waals surface area contributed by atoms with Crippen LogP contribution in [0.1, 0.15) is 17.7 Å². The molecule has 1 heterocycles. The minimum Gasteiger partial charge on any atom is -0.248 e. The van der Waals surface area contributed by atoms with E-state index in [4.69, 9.17) is 23.2 Å². The smallest absolute Gasteiger partial charge is 0.0827 e. The van der Waals surface area contributed by atoms with Gasteiger partial charge in [-0.15, -0.1) is 16.7 Å². The molecule has 0 spiro atoms. The Morgan fingerprint density at radius 3 is 2.82 bits per heavy atom. The predicted octanol–water partition coefficient (Wildman–Crippen LogP) is 3.15. The highest BCUT2D eigenvalue weighted by molar-refractivity contribution is 6.31. The zero-order valence-electron chi connectivity index (χ0n) is 9.31. The molecule has 0 saturated carbocycles. The van der Waals surface area contributed by atoms with Gasteiger partial charge in [-0.25, -0.2) is 4.68 Å². The van der Waals surface area contributed by atoms with Crippen LogP contribution in [-0.2, 0) is 13.0 Å². The normalized spacial score (nSPS) is 10.7. The molecule has 3 nitrogen and oxygen atoms in total. The molecule has 0 unspecified atom stereocenters. The number of halogens is 2. The van der Waals surface area contributed by atoms with Gasteiger partial charge in [0.05, 0.1) is 12.2 Å². The van der Waals surface area contributed by atoms with Crippen molar-refractivity contribution >= 4 is 23.2 Å². The van der Waals surface area contributed by atoms with E-state index in [1.54, 1.807) is 4.68 Å². The molecule has 2 rings (SSSR count). The Hall–Kier alpha value is -1.06. The van der Waals surface area contributed by atoms with E-state index in [9.17, 15) is 0 Å². The molecule has 5 heteroatoms. The lowest BCUT2D eigenvalue weighted by Gasteiger charge is -2.02. The molecule has 90 valence electrons. The van der Waals surface area contributed by atoms with E-state index in [1.807, 2.05) is 30.5 Å². The summed E-state index contributed by atoms with van der Waals surface area (Å²) in [6.45, 7) is 0.646. The summed E-state index contributed by atoms with van der Waals surface area (Å²) in [4.78, 5) is 0. The second-order valence-corrected chi connectivity index (χ2v) is 4.58. The molecule has 0 fully saturated rings. The van der Waals surface area contributed by atoms with Crippen LogP contribution in [0, 0.1) is 0 Å². The SMILES string of the molecule is ClCCCc1cn(Cc2ccccc2Cl)nn1. The van der Waals surface area contributed by atoms with Crippen molar-refractivity contribution in [1.29, 1.82) is 0 Å². The van der Waals surface area contributed by atoms with Crippen molar-refractivity contribution in [3.8, 4) is 0 Å². The van der Waals surface area contributed by atoms with Gasteiger partial charge in [-0.2, -0.15) is 0 Å². The molecule has 17 heavy (non-hydrogen) atoms. The van der Waals surface area contributed by atoms with Crippen LogP contribution in [0.2, 0.25) is 5.02 Å². The highest BCUT2D eigenvalue weighted by Crippen LogP contribution is 2.15. The third-order valence-corrected chi connectivity index (χ3v) is 3.08. The van der Waals surface area contributed by atoms with E-state index < -0.39 is 0 Å². The number of hydrogen-bond donors (Lipinski definition) is 0. The average molecular weight is 270 g/mol. The monoisotopic (exact) mass is 269 g/mol. The second-order valence-electron chi connectivity index (χ2n) is 3.79. The summed E-state index contributed by atoms with van der Waals surface area (Å²) < 4.78 is 1.80. The van der Waals surface area contributed by atoms with Crippen molar-refractivity contribution in [2.24, 2.45) is 0 Å². The van der Waals surface area contributed by atoms with E-state index in [0.717, 1.165) is 29.1 Å². The van der Waals surface area contributed by atoms with Gasteiger partial charge in [0.2, 0.25) is 0 Å². The number of nitrogens with zero attached hydrogens (tertiary/aromatic N) is 3. The Kier molecular flexibility index (Phi) is 4.40. The predicted molar refractivity (Wildman–Crippen MR) is 69.6 cm³/mol. The molecule has 0 amide bonds. The Balaban J connectivity index is 2.04. The van der Waals surface area contributed by atoms with Crippen molar-refractivity contribution in [2.75, 3.05) is 5.88 Å². The van der Waals surface area contributed by atoms with Gasteiger partial charge < -0.3 is 0 Å². The highest BCUT2D eigenvalue weighted by atomic mass is 35.5. The fourth-order valence-corrected chi connectivity index (χ4v) is 1.91. The van der Waals surface area contributed by atoms with E-state index >= 15 is 0 Å². The maximum Gasteiger partial charge on any atom is 0.0827 e. The lowest BCUT2D eigenvalue weighted by atomic mass is 10.2. The Labute approximate surface area is 110 Å². The molecule has 0 aliphatic heterocycles. The molecule has 0 atom stereocenters. The van der Waals surface area contributed by atoms with Crippen LogP contribution >= 0.6 is 23.2 Å². The molecule has 0 aliphatic carbocycles. The molecular formula is C12H13Cl2N3. The minimum atomic E-state index is 0.646. The third kappa shape index (κ3) is 3.45. The molecule has 1 aromatic heterocycles. The topological polar surface area (TPSA) is 30.7 Å². The maximum atomic E-state index is 6.09. The van der Waals surface area contributed by atoms with Crippen LogP contribution in [0.3, 0.4) is 0 Å². The van der Waals surface area contributed by atoms with E-state index in [1.165, 1.54) is 0 Å². The average Bonchev–Trinajstić information content (AvgIpc) is 2.77. The van der Waals surface area contributed by atoms with Gasteiger partial charge in [0, 0.05) is 17.1 Å². The van der Waals surface area contributed by atoms with Crippen LogP contribution in [-0.4, -0.2) is 20.9 Å². The summed E-state index contributed by atoms with van der Waals surface area (Å²) in [5, 5.41) is 8.92. The zero-order chi connectivity index (χ0) is 12.1.